The van der Waals surface area contributed by atoms with Crippen molar-refractivity contribution in [2.45, 2.75) is 12.1 Å². The Bertz CT molecular complexity index is 343. The Morgan fingerprint density at radius 1 is 1.47 bits per heavy atom. The van der Waals surface area contributed by atoms with Gasteiger partial charge in [-0.2, -0.15) is 0 Å². The topological polar surface area (TPSA) is 61.4 Å². The summed E-state index contributed by atoms with van der Waals surface area (Å²) in [6, 6.07) is 2.99. The molecule has 84 valence electrons. The van der Waals surface area contributed by atoms with Crippen LogP contribution < -0.4 is 10.6 Å². The molecule has 1 aromatic rings. The normalized spacial score (nSPS) is 14.9. The summed E-state index contributed by atoms with van der Waals surface area (Å²) in [6.45, 7) is 0. The lowest BCUT2D eigenvalue weighted by atomic mass is 10.1. The van der Waals surface area contributed by atoms with Gasteiger partial charge >= 0.3 is 5.97 Å². The van der Waals surface area contributed by atoms with Crippen LogP contribution in [0.5, 0.6) is 0 Å². The van der Waals surface area contributed by atoms with E-state index in [-0.39, 0.29) is 6.04 Å². The number of likely N-dealkylation sites (N-methyl/N-ethyl adjacent to an activating group) is 2. The van der Waals surface area contributed by atoms with Crippen LogP contribution >= 0.6 is 27.3 Å². The number of carboxylic acids is 1. The molecular formula is C9H13BrN2O2S. The number of nitrogens with one attached hydrogen (secondary N) is 2. The number of aliphatic carboxylic acids is 1. The van der Waals surface area contributed by atoms with Crippen molar-refractivity contribution >= 4 is 33.2 Å². The van der Waals surface area contributed by atoms with E-state index in [0.29, 0.717) is 0 Å². The summed E-state index contributed by atoms with van der Waals surface area (Å²) >= 11 is 4.89. The van der Waals surface area contributed by atoms with Crippen molar-refractivity contribution in [2.24, 2.45) is 0 Å². The standard InChI is InChI=1S/C9H13BrN2O2S/c1-11-7(8(12-2)9(13)14)5-3-4-6(10)15-5/h3-4,7-8,11-12H,1-2H3,(H,13,14). The molecule has 0 amide bonds. The summed E-state index contributed by atoms with van der Waals surface area (Å²) < 4.78 is 0.998. The van der Waals surface area contributed by atoms with Crippen LogP contribution in [0.2, 0.25) is 0 Å². The van der Waals surface area contributed by atoms with Gasteiger partial charge in [-0.25, -0.2) is 0 Å². The highest BCUT2D eigenvalue weighted by molar-refractivity contribution is 9.11. The van der Waals surface area contributed by atoms with Gasteiger partial charge in [-0.15, -0.1) is 11.3 Å². The number of rotatable bonds is 5. The first-order chi connectivity index (χ1) is 7.10. The quantitative estimate of drug-likeness (QED) is 0.769. The third kappa shape index (κ3) is 3.01. The van der Waals surface area contributed by atoms with E-state index in [1.54, 1.807) is 14.1 Å². The van der Waals surface area contributed by atoms with Gasteiger partial charge in [0.25, 0.3) is 0 Å². The van der Waals surface area contributed by atoms with Gasteiger partial charge in [0.2, 0.25) is 0 Å². The zero-order valence-corrected chi connectivity index (χ0v) is 10.9. The van der Waals surface area contributed by atoms with Crippen LogP contribution in [0.25, 0.3) is 0 Å². The minimum Gasteiger partial charge on any atom is -0.480 e. The van der Waals surface area contributed by atoms with Crippen molar-refractivity contribution in [3.05, 3.63) is 20.8 Å². The predicted molar refractivity (Wildman–Crippen MR) is 64.3 cm³/mol. The molecule has 0 fully saturated rings. The Kier molecular flexibility index (Phi) is 4.72. The zero-order valence-electron chi connectivity index (χ0n) is 8.45. The molecule has 0 aromatic carbocycles. The molecule has 2 unspecified atom stereocenters. The molecule has 15 heavy (non-hydrogen) atoms. The summed E-state index contributed by atoms with van der Waals surface area (Å²) in [5.41, 5.74) is 0. The van der Waals surface area contributed by atoms with E-state index in [1.807, 2.05) is 12.1 Å². The highest BCUT2D eigenvalue weighted by atomic mass is 79.9. The first-order valence-electron chi connectivity index (χ1n) is 4.42. The van der Waals surface area contributed by atoms with Crippen molar-refractivity contribution < 1.29 is 9.90 Å². The van der Waals surface area contributed by atoms with E-state index in [4.69, 9.17) is 5.11 Å². The summed E-state index contributed by atoms with van der Waals surface area (Å²) in [7, 11) is 3.40. The van der Waals surface area contributed by atoms with Crippen molar-refractivity contribution in [1.82, 2.24) is 10.6 Å². The molecule has 6 heteroatoms. The average molecular weight is 293 g/mol. The lowest BCUT2D eigenvalue weighted by Gasteiger charge is -2.21. The summed E-state index contributed by atoms with van der Waals surface area (Å²) in [6.07, 6.45) is 0. The lowest BCUT2D eigenvalue weighted by molar-refractivity contribution is -0.140. The van der Waals surface area contributed by atoms with Crippen LogP contribution in [0.1, 0.15) is 10.9 Å². The Morgan fingerprint density at radius 2 is 2.13 bits per heavy atom. The maximum atomic E-state index is 11.0. The fraction of sp³-hybridized carbons (Fsp3) is 0.444. The van der Waals surface area contributed by atoms with E-state index < -0.39 is 12.0 Å². The van der Waals surface area contributed by atoms with Gasteiger partial charge in [-0.05, 0) is 42.2 Å². The van der Waals surface area contributed by atoms with Crippen molar-refractivity contribution in [3.8, 4) is 0 Å². The van der Waals surface area contributed by atoms with Crippen LogP contribution in [0.3, 0.4) is 0 Å². The highest BCUT2D eigenvalue weighted by Crippen LogP contribution is 2.28. The van der Waals surface area contributed by atoms with Gasteiger partial charge in [0.05, 0.1) is 9.83 Å². The molecule has 0 bridgehead atoms. The number of carboxylic acid groups (broad SMARTS) is 1. The second-order valence-electron chi connectivity index (χ2n) is 3.01. The number of carbonyl (C=O) groups is 1. The van der Waals surface area contributed by atoms with E-state index in [2.05, 4.69) is 26.6 Å². The zero-order chi connectivity index (χ0) is 11.4. The maximum Gasteiger partial charge on any atom is 0.322 e. The molecule has 2 atom stereocenters. The van der Waals surface area contributed by atoms with Gasteiger partial charge in [0, 0.05) is 4.88 Å². The van der Waals surface area contributed by atoms with Crippen LogP contribution in [0, 0.1) is 0 Å². The van der Waals surface area contributed by atoms with Crippen molar-refractivity contribution in [3.63, 3.8) is 0 Å². The molecule has 0 radical (unpaired) electrons. The molecule has 0 saturated heterocycles. The second kappa shape index (κ2) is 5.60. The van der Waals surface area contributed by atoms with E-state index >= 15 is 0 Å². The molecule has 4 nitrogen and oxygen atoms in total. The Morgan fingerprint density at radius 3 is 2.47 bits per heavy atom. The lowest BCUT2D eigenvalue weighted by Crippen LogP contribution is -2.44. The van der Waals surface area contributed by atoms with Crippen LogP contribution in [0.4, 0.5) is 0 Å². The predicted octanol–water partition coefficient (Wildman–Crippen LogP) is 1.44. The van der Waals surface area contributed by atoms with Gasteiger partial charge in [0.1, 0.15) is 6.04 Å². The van der Waals surface area contributed by atoms with Gasteiger partial charge < -0.3 is 15.7 Å². The number of hydrogen-bond acceptors (Lipinski definition) is 4. The fourth-order valence-electron chi connectivity index (χ4n) is 1.40. The second-order valence-corrected chi connectivity index (χ2v) is 5.51. The molecule has 0 aliphatic rings. The third-order valence-corrected chi connectivity index (χ3v) is 3.83. The maximum absolute atomic E-state index is 11.0. The molecule has 1 aromatic heterocycles. The largest absolute Gasteiger partial charge is 0.480 e. The molecule has 0 aliphatic carbocycles. The average Bonchev–Trinajstić information content (AvgIpc) is 2.60. The number of halogens is 1. The van der Waals surface area contributed by atoms with E-state index in [9.17, 15) is 4.79 Å². The smallest absolute Gasteiger partial charge is 0.322 e. The van der Waals surface area contributed by atoms with Gasteiger partial charge in [0.15, 0.2) is 0 Å². The van der Waals surface area contributed by atoms with Gasteiger partial charge in [-0.3, -0.25) is 4.79 Å². The first kappa shape index (κ1) is 12.6. The van der Waals surface area contributed by atoms with Crippen LogP contribution in [-0.4, -0.2) is 31.2 Å². The molecule has 3 N–H and O–H groups in total. The summed E-state index contributed by atoms with van der Waals surface area (Å²) in [5, 5.41) is 14.8. The summed E-state index contributed by atoms with van der Waals surface area (Å²) in [4.78, 5) is 12.0. The first-order valence-corrected chi connectivity index (χ1v) is 6.03. The number of hydrogen-bond donors (Lipinski definition) is 3. The van der Waals surface area contributed by atoms with Gasteiger partial charge in [-0.1, -0.05) is 0 Å². The number of thiophene rings is 1. The molecule has 0 saturated carbocycles. The van der Waals surface area contributed by atoms with Crippen molar-refractivity contribution in [2.75, 3.05) is 14.1 Å². The minimum atomic E-state index is -0.860. The molecular weight excluding hydrogens is 280 g/mol. The molecule has 1 heterocycles. The van der Waals surface area contributed by atoms with E-state index in [1.165, 1.54) is 11.3 Å². The fourth-order valence-corrected chi connectivity index (χ4v) is 2.97. The Balaban J connectivity index is 2.91. The molecule has 1 rings (SSSR count). The Labute approximate surface area is 101 Å². The van der Waals surface area contributed by atoms with Crippen LogP contribution in [0.15, 0.2) is 15.9 Å². The van der Waals surface area contributed by atoms with E-state index in [0.717, 1.165) is 8.66 Å². The molecule has 0 spiro atoms. The minimum absolute atomic E-state index is 0.219. The third-order valence-electron chi connectivity index (χ3n) is 2.12. The summed E-state index contributed by atoms with van der Waals surface area (Å²) in [5.74, 6) is -0.860. The monoisotopic (exact) mass is 292 g/mol. The molecule has 0 aliphatic heterocycles. The van der Waals surface area contributed by atoms with Crippen molar-refractivity contribution in [1.29, 1.82) is 0 Å². The van der Waals surface area contributed by atoms with Crippen LogP contribution in [-0.2, 0) is 4.79 Å². The highest BCUT2D eigenvalue weighted by Gasteiger charge is 2.27. The SMILES string of the molecule is CNC(C(=O)O)C(NC)c1ccc(Br)s1. The Hall–Kier alpha value is -0.430.